The molecule has 0 saturated heterocycles. The summed E-state index contributed by atoms with van der Waals surface area (Å²) in [6, 6.07) is 16.4. The van der Waals surface area contributed by atoms with Crippen molar-refractivity contribution in [3.8, 4) is 17.2 Å². The lowest BCUT2D eigenvalue weighted by molar-refractivity contribution is 0.0697. The summed E-state index contributed by atoms with van der Waals surface area (Å²) in [5.74, 6) is 0.580. The Morgan fingerprint density at radius 1 is 1.03 bits per heavy atom. The second-order valence-electron chi connectivity index (χ2n) is 7.19. The lowest BCUT2D eigenvalue weighted by Gasteiger charge is -2.17. The van der Waals surface area contributed by atoms with Crippen LogP contribution in [-0.4, -0.2) is 24.8 Å². The number of aromatic carboxylic acids is 1. The van der Waals surface area contributed by atoms with Crippen molar-refractivity contribution in [3.05, 3.63) is 81.9 Å². The van der Waals surface area contributed by atoms with Crippen LogP contribution >= 0.6 is 11.6 Å². The number of methoxy groups -OCH3 is 1. The zero-order valence-corrected chi connectivity index (χ0v) is 19.0. The average molecular weight is 456 g/mol. The van der Waals surface area contributed by atoms with Crippen molar-refractivity contribution in [2.24, 2.45) is 0 Å². The highest BCUT2D eigenvalue weighted by Crippen LogP contribution is 2.38. The number of anilines is 1. The van der Waals surface area contributed by atoms with Gasteiger partial charge >= 0.3 is 5.97 Å². The molecule has 0 atom stereocenters. The van der Waals surface area contributed by atoms with Gasteiger partial charge in [-0.25, -0.2) is 4.79 Å². The maximum atomic E-state index is 11.3. The fourth-order valence-corrected chi connectivity index (χ4v) is 3.55. The molecule has 6 nitrogen and oxygen atoms in total. The number of rotatable bonds is 10. The van der Waals surface area contributed by atoms with Crippen LogP contribution in [0.4, 0.5) is 5.69 Å². The summed E-state index contributed by atoms with van der Waals surface area (Å²) in [7, 11) is 1.53. The molecule has 0 aliphatic rings. The fraction of sp³-hybridized carbons (Fsp3) is 0.240. The molecule has 0 fully saturated rings. The highest BCUT2D eigenvalue weighted by molar-refractivity contribution is 6.32. The van der Waals surface area contributed by atoms with Crippen LogP contribution in [0.15, 0.2) is 54.6 Å². The molecule has 0 spiro atoms. The summed E-state index contributed by atoms with van der Waals surface area (Å²) < 4.78 is 17.1. The molecular weight excluding hydrogens is 430 g/mol. The van der Waals surface area contributed by atoms with Crippen LogP contribution in [0.1, 0.15) is 34.0 Å². The molecule has 0 amide bonds. The van der Waals surface area contributed by atoms with E-state index in [1.165, 1.54) is 19.2 Å². The Bertz CT molecular complexity index is 1100. The van der Waals surface area contributed by atoms with E-state index in [2.05, 4.69) is 11.4 Å². The predicted molar refractivity (Wildman–Crippen MR) is 125 cm³/mol. The second kappa shape index (κ2) is 10.8. The zero-order valence-electron chi connectivity index (χ0n) is 18.3. The van der Waals surface area contributed by atoms with E-state index in [9.17, 15) is 9.90 Å². The number of hydrogen-bond acceptors (Lipinski definition) is 5. The first-order valence-corrected chi connectivity index (χ1v) is 10.6. The second-order valence-corrected chi connectivity index (χ2v) is 7.60. The molecule has 0 saturated carbocycles. The molecule has 168 valence electrons. The molecule has 2 N–H and O–H groups in total. The minimum absolute atomic E-state index is 0.168. The smallest absolute Gasteiger partial charge is 0.335 e. The molecule has 0 aromatic heterocycles. The first-order chi connectivity index (χ1) is 15.4. The molecule has 0 bridgehead atoms. The molecule has 32 heavy (non-hydrogen) atoms. The molecule has 3 aromatic rings. The number of carboxylic acid groups (broad SMARTS) is 1. The third-order valence-electron chi connectivity index (χ3n) is 4.76. The Morgan fingerprint density at radius 2 is 1.84 bits per heavy atom. The fourth-order valence-electron chi connectivity index (χ4n) is 3.26. The maximum Gasteiger partial charge on any atom is 0.335 e. The number of halogens is 1. The Morgan fingerprint density at radius 3 is 2.53 bits per heavy atom. The van der Waals surface area contributed by atoms with Crippen LogP contribution in [0, 0.1) is 6.92 Å². The van der Waals surface area contributed by atoms with Crippen molar-refractivity contribution in [2.45, 2.75) is 27.0 Å². The highest BCUT2D eigenvalue weighted by atomic mass is 35.5. The van der Waals surface area contributed by atoms with E-state index in [1.54, 1.807) is 12.1 Å². The van der Waals surface area contributed by atoms with Crippen LogP contribution < -0.4 is 19.5 Å². The quantitative estimate of drug-likeness (QED) is 0.393. The molecule has 0 aliphatic carbocycles. The van der Waals surface area contributed by atoms with Gasteiger partial charge in [0.1, 0.15) is 12.4 Å². The van der Waals surface area contributed by atoms with E-state index < -0.39 is 5.97 Å². The Balaban J connectivity index is 1.80. The maximum absolute atomic E-state index is 11.3. The van der Waals surface area contributed by atoms with Crippen LogP contribution in [-0.2, 0) is 13.2 Å². The van der Waals surface area contributed by atoms with Gasteiger partial charge in [-0.3, -0.25) is 0 Å². The van der Waals surface area contributed by atoms with Gasteiger partial charge in [0.15, 0.2) is 11.5 Å². The zero-order chi connectivity index (χ0) is 23.1. The average Bonchev–Trinajstić information content (AvgIpc) is 2.77. The minimum atomic E-state index is -1.01. The van der Waals surface area contributed by atoms with Gasteiger partial charge in [0, 0.05) is 6.54 Å². The Kier molecular flexibility index (Phi) is 7.84. The van der Waals surface area contributed by atoms with Crippen molar-refractivity contribution < 1.29 is 24.1 Å². The number of benzene rings is 3. The van der Waals surface area contributed by atoms with Crippen molar-refractivity contribution in [3.63, 3.8) is 0 Å². The van der Waals surface area contributed by atoms with Crippen LogP contribution in [0.25, 0.3) is 0 Å². The van der Waals surface area contributed by atoms with E-state index in [0.29, 0.717) is 47.7 Å². The predicted octanol–water partition coefficient (Wildman–Crippen LogP) is 5.95. The Hall–Kier alpha value is -3.38. The normalized spacial score (nSPS) is 10.5. The van der Waals surface area contributed by atoms with Gasteiger partial charge in [-0.1, -0.05) is 41.4 Å². The topological polar surface area (TPSA) is 77.0 Å². The van der Waals surface area contributed by atoms with Crippen LogP contribution in [0.2, 0.25) is 5.02 Å². The SMILES string of the molecule is CCOc1cc(CNc2cc(C(=O)O)ccc2OC)cc(Cl)c1OCc1cccc(C)c1. The first kappa shape index (κ1) is 23.3. The van der Waals surface area contributed by atoms with E-state index >= 15 is 0 Å². The highest BCUT2D eigenvalue weighted by Gasteiger charge is 2.14. The third kappa shape index (κ3) is 5.86. The summed E-state index contributed by atoms with van der Waals surface area (Å²) in [5, 5.41) is 12.9. The molecule has 0 radical (unpaired) electrons. The van der Waals surface area contributed by atoms with Gasteiger partial charge in [-0.05, 0) is 55.3 Å². The van der Waals surface area contributed by atoms with E-state index in [4.69, 9.17) is 25.8 Å². The summed E-state index contributed by atoms with van der Waals surface area (Å²) in [6.07, 6.45) is 0. The largest absolute Gasteiger partial charge is 0.495 e. The van der Waals surface area contributed by atoms with E-state index in [-0.39, 0.29) is 5.56 Å². The first-order valence-electron chi connectivity index (χ1n) is 10.2. The van der Waals surface area contributed by atoms with Crippen molar-refractivity contribution in [1.82, 2.24) is 0 Å². The van der Waals surface area contributed by atoms with Gasteiger partial charge < -0.3 is 24.6 Å². The molecule has 3 aromatic carbocycles. The number of aryl methyl sites for hydroxylation is 1. The van der Waals surface area contributed by atoms with Gasteiger partial charge in [-0.15, -0.1) is 0 Å². The Labute approximate surface area is 192 Å². The van der Waals surface area contributed by atoms with Crippen molar-refractivity contribution in [2.75, 3.05) is 19.0 Å². The van der Waals surface area contributed by atoms with Crippen molar-refractivity contribution in [1.29, 1.82) is 0 Å². The molecular formula is C25H26ClNO5. The van der Waals surface area contributed by atoms with E-state index in [0.717, 1.165) is 16.7 Å². The summed E-state index contributed by atoms with van der Waals surface area (Å²) in [5.41, 5.74) is 3.79. The molecule has 0 heterocycles. The van der Waals surface area contributed by atoms with Crippen LogP contribution in [0.5, 0.6) is 17.2 Å². The van der Waals surface area contributed by atoms with Gasteiger partial charge in [-0.2, -0.15) is 0 Å². The van der Waals surface area contributed by atoms with Gasteiger partial charge in [0.25, 0.3) is 0 Å². The molecule has 0 aliphatic heterocycles. The summed E-state index contributed by atoms with van der Waals surface area (Å²) in [6.45, 7) is 5.15. The molecule has 7 heteroatoms. The third-order valence-corrected chi connectivity index (χ3v) is 5.04. The summed E-state index contributed by atoms with van der Waals surface area (Å²) >= 11 is 6.54. The lowest BCUT2D eigenvalue weighted by atomic mass is 10.1. The monoisotopic (exact) mass is 455 g/mol. The van der Waals surface area contributed by atoms with Gasteiger partial charge in [0.2, 0.25) is 0 Å². The number of nitrogens with one attached hydrogen (secondary N) is 1. The van der Waals surface area contributed by atoms with Crippen LogP contribution in [0.3, 0.4) is 0 Å². The summed E-state index contributed by atoms with van der Waals surface area (Å²) in [4.78, 5) is 11.3. The molecule has 3 rings (SSSR count). The minimum Gasteiger partial charge on any atom is -0.495 e. The number of ether oxygens (including phenoxy) is 3. The number of carboxylic acids is 1. The number of carbonyl (C=O) groups is 1. The van der Waals surface area contributed by atoms with Gasteiger partial charge in [0.05, 0.1) is 30.0 Å². The van der Waals surface area contributed by atoms with Crippen molar-refractivity contribution >= 4 is 23.3 Å². The van der Waals surface area contributed by atoms with E-state index in [1.807, 2.05) is 38.1 Å². The number of hydrogen-bond donors (Lipinski definition) is 2. The standard InChI is InChI=1S/C25H26ClNO5/c1-4-31-23-12-18(14-27-21-13-19(25(28)29)8-9-22(21)30-3)11-20(26)24(23)32-15-17-7-5-6-16(2)10-17/h5-13,27H,4,14-15H2,1-3H3,(H,28,29). The lowest BCUT2D eigenvalue weighted by Crippen LogP contribution is -2.06. The molecule has 0 unspecified atom stereocenters.